The molecule has 1 N–H and O–H groups in total. The molecule has 0 aliphatic carbocycles. The van der Waals surface area contributed by atoms with E-state index >= 15 is 0 Å². The highest BCUT2D eigenvalue weighted by Gasteiger charge is 2.27. The first-order chi connectivity index (χ1) is 12.9. The third-order valence-electron chi connectivity index (χ3n) is 5.65. The van der Waals surface area contributed by atoms with Crippen LogP contribution >= 0.6 is 0 Å². The van der Waals surface area contributed by atoms with Crippen LogP contribution in [-0.4, -0.2) is 52.5 Å². The Bertz CT molecular complexity index is 782. The number of para-hydroxylation sites is 1. The Morgan fingerprint density at radius 1 is 1.08 bits per heavy atom. The van der Waals surface area contributed by atoms with E-state index in [0.29, 0.717) is 19.1 Å². The molecule has 0 unspecified atom stereocenters. The minimum absolute atomic E-state index is 0.523. The smallest absolute Gasteiger partial charge is 0.165 e. The summed E-state index contributed by atoms with van der Waals surface area (Å²) in [4.78, 5) is 2.51. The van der Waals surface area contributed by atoms with Crippen LogP contribution in [0.15, 0.2) is 18.2 Å². The normalized spacial score (nSPS) is 20.8. The molecule has 7 heteroatoms. The first-order valence-electron chi connectivity index (χ1n) is 9.61. The van der Waals surface area contributed by atoms with Gasteiger partial charge in [-0.2, -0.15) is 0 Å². The largest absolute Gasteiger partial charge is 0.486 e. The maximum Gasteiger partial charge on any atom is 0.165 e. The first-order valence-corrected chi connectivity index (χ1v) is 9.61. The van der Waals surface area contributed by atoms with Gasteiger partial charge in [-0.1, -0.05) is 12.1 Å². The highest BCUT2D eigenvalue weighted by molar-refractivity contribution is 5.47. The van der Waals surface area contributed by atoms with Gasteiger partial charge in [-0.25, -0.2) is 0 Å². The van der Waals surface area contributed by atoms with Crippen molar-refractivity contribution >= 4 is 0 Å². The number of nitrogens with one attached hydrogen (secondary N) is 1. The summed E-state index contributed by atoms with van der Waals surface area (Å²) < 4.78 is 13.9. The quantitative estimate of drug-likeness (QED) is 0.901. The van der Waals surface area contributed by atoms with Crippen LogP contribution < -0.4 is 14.8 Å². The summed E-state index contributed by atoms with van der Waals surface area (Å²) in [5.74, 6) is 4.61. The topological polar surface area (TPSA) is 64.4 Å². The Balaban J connectivity index is 1.25. The van der Waals surface area contributed by atoms with Gasteiger partial charge in [-0.15, -0.1) is 10.2 Å². The molecule has 3 aliphatic rings. The van der Waals surface area contributed by atoms with Gasteiger partial charge in [0.1, 0.15) is 24.9 Å². The zero-order valence-corrected chi connectivity index (χ0v) is 15.0. The van der Waals surface area contributed by atoms with E-state index in [9.17, 15) is 0 Å². The fourth-order valence-electron chi connectivity index (χ4n) is 4.27. The molecule has 0 bridgehead atoms. The molecule has 0 amide bonds. The maximum absolute atomic E-state index is 5.86. The molecule has 138 valence electrons. The van der Waals surface area contributed by atoms with Crippen LogP contribution in [-0.2, 0) is 19.6 Å². The van der Waals surface area contributed by atoms with Gasteiger partial charge in [-0.3, -0.25) is 4.90 Å². The SMILES string of the molecule is c1cc(CN2CCC(c3nnc4n3CCNC4)CC2)c2c(c1)OCCO2. The molecule has 1 aromatic carbocycles. The van der Waals surface area contributed by atoms with Gasteiger partial charge >= 0.3 is 0 Å². The lowest BCUT2D eigenvalue weighted by molar-refractivity contribution is 0.162. The first kappa shape index (κ1) is 16.1. The second-order valence-electron chi connectivity index (χ2n) is 7.29. The molecule has 1 aromatic heterocycles. The van der Waals surface area contributed by atoms with Crippen molar-refractivity contribution in [2.75, 3.05) is 32.8 Å². The lowest BCUT2D eigenvalue weighted by Crippen LogP contribution is -2.35. The van der Waals surface area contributed by atoms with E-state index in [-0.39, 0.29) is 0 Å². The van der Waals surface area contributed by atoms with E-state index in [1.165, 1.54) is 11.4 Å². The Kier molecular flexibility index (Phi) is 4.26. The number of piperidine rings is 1. The van der Waals surface area contributed by atoms with Gasteiger partial charge in [0.05, 0.1) is 6.54 Å². The molecule has 2 aromatic rings. The fourth-order valence-corrected chi connectivity index (χ4v) is 4.27. The Morgan fingerprint density at radius 2 is 1.96 bits per heavy atom. The fraction of sp³-hybridized carbons (Fsp3) is 0.579. The van der Waals surface area contributed by atoms with Crippen molar-refractivity contribution in [2.24, 2.45) is 0 Å². The average molecular weight is 355 g/mol. The molecule has 3 aliphatic heterocycles. The lowest BCUT2D eigenvalue weighted by atomic mass is 9.95. The predicted molar refractivity (Wildman–Crippen MR) is 96.4 cm³/mol. The van der Waals surface area contributed by atoms with Crippen LogP contribution in [0.4, 0.5) is 0 Å². The summed E-state index contributed by atoms with van der Waals surface area (Å²) >= 11 is 0. The Labute approximate surface area is 153 Å². The monoisotopic (exact) mass is 355 g/mol. The second kappa shape index (κ2) is 6.89. The minimum Gasteiger partial charge on any atom is -0.486 e. The van der Waals surface area contributed by atoms with Crippen molar-refractivity contribution < 1.29 is 9.47 Å². The predicted octanol–water partition coefficient (Wildman–Crippen LogP) is 1.53. The van der Waals surface area contributed by atoms with E-state index in [0.717, 1.165) is 69.4 Å². The molecular formula is C19H25N5O2. The average Bonchev–Trinajstić information content (AvgIpc) is 3.13. The van der Waals surface area contributed by atoms with Gasteiger partial charge in [0.25, 0.3) is 0 Å². The molecule has 0 saturated carbocycles. The molecule has 0 atom stereocenters. The number of likely N-dealkylation sites (tertiary alicyclic amines) is 1. The molecular weight excluding hydrogens is 330 g/mol. The molecule has 0 radical (unpaired) electrons. The van der Waals surface area contributed by atoms with Gasteiger partial charge in [0.2, 0.25) is 0 Å². The van der Waals surface area contributed by atoms with Crippen LogP contribution in [0.5, 0.6) is 11.5 Å². The zero-order chi connectivity index (χ0) is 17.3. The number of fused-ring (bicyclic) bond motifs is 2. The summed E-state index contributed by atoms with van der Waals surface area (Å²) in [6.07, 6.45) is 2.27. The maximum atomic E-state index is 5.86. The number of benzene rings is 1. The molecule has 1 saturated heterocycles. The third-order valence-corrected chi connectivity index (χ3v) is 5.65. The Morgan fingerprint density at radius 3 is 2.88 bits per heavy atom. The van der Waals surface area contributed by atoms with Gasteiger partial charge in [0, 0.05) is 31.1 Å². The van der Waals surface area contributed by atoms with Crippen molar-refractivity contribution in [3.8, 4) is 11.5 Å². The number of nitrogens with zero attached hydrogens (tertiary/aromatic N) is 4. The highest BCUT2D eigenvalue weighted by atomic mass is 16.6. The van der Waals surface area contributed by atoms with E-state index in [1.807, 2.05) is 6.07 Å². The number of ether oxygens (including phenoxy) is 2. The molecule has 26 heavy (non-hydrogen) atoms. The number of rotatable bonds is 3. The van der Waals surface area contributed by atoms with Crippen LogP contribution in [0.3, 0.4) is 0 Å². The van der Waals surface area contributed by atoms with Crippen molar-refractivity contribution in [1.29, 1.82) is 0 Å². The highest BCUT2D eigenvalue weighted by Crippen LogP contribution is 2.35. The summed E-state index contributed by atoms with van der Waals surface area (Å²) in [6, 6.07) is 6.21. The Hall–Kier alpha value is -2.12. The number of hydrogen-bond acceptors (Lipinski definition) is 6. The molecule has 7 nitrogen and oxygen atoms in total. The lowest BCUT2D eigenvalue weighted by Gasteiger charge is -2.32. The summed E-state index contributed by atoms with van der Waals surface area (Å²) in [7, 11) is 0. The van der Waals surface area contributed by atoms with E-state index in [1.54, 1.807) is 0 Å². The number of hydrogen-bond donors (Lipinski definition) is 1. The van der Waals surface area contributed by atoms with Crippen molar-refractivity contribution in [2.45, 2.75) is 38.4 Å². The summed E-state index contributed by atoms with van der Waals surface area (Å²) in [6.45, 7) is 7.20. The van der Waals surface area contributed by atoms with Crippen molar-refractivity contribution in [3.05, 3.63) is 35.4 Å². The second-order valence-corrected chi connectivity index (χ2v) is 7.29. The van der Waals surface area contributed by atoms with Crippen molar-refractivity contribution in [1.82, 2.24) is 25.0 Å². The standard InChI is InChI=1S/C19H25N5O2/c1-2-15(18-16(3-1)25-10-11-26-18)13-23-7-4-14(5-8-23)19-22-21-17-12-20-6-9-24(17)19/h1-3,14,20H,4-13H2. The van der Waals surface area contributed by atoms with Gasteiger partial charge in [0.15, 0.2) is 11.5 Å². The summed E-state index contributed by atoms with van der Waals surface area (Å²) in [5.41, 5.74) is 1.23. The molecule has 4 heterocycles. The number of aromatic nitrogens is 3. The minimum atomic E-state index is 0.523. The van der Waals surface area contributed by atoms with Gasteiger partial charge < -0.3 is 19.4 Å². The third kappa shape index (κ3) is 2.95. The van der Waals surface area contributed by atoms with Gasteiger partial charge in [-0.05, 0) is 32.0 Å². The van der Waals surface area contributed by atoms with Crippen LogP contribution in [0.1, 0.15) is 36.0 Å². The van der Waals surface area contributed by atoms with Crippen LogP contribution in [0.2, 0.25) is 0 Å². The summed E-state index contributed by atoms with van der Waals surface area (Å²) in [5, 5.41) is 12.2. The molecule has 5 rings (SSSR count). The molecule has 1 fully saturated rings. The van der Waals surface area contributed by atoms with E-state index in [2.05, 4.69) is 37.1 Å². The zero-order valence-electron chi connectivity index (χ0n) is 15.0. The van der Waals surface area contributed by atoms with Crippen molar-refractivity contribution in [3.63, 3.8) is 0 Å². The van der Waals surface area contributed by atoms with Crippen LogP contribution in [0, 0.1) is 0 Å². The van der Waals surface area contributed by atoms with Crippen LogP contribution in [0.25, 0.3) is 0 Å². The van der Waals surface area contributed by atoms with E-state index in [4.69, 9.17) is 9.47 Å². The van der Waals surface area contributed by atoms with E-state index < -0.39 is 0 Å². The molecule has 0 spiro atoms.